The standard InChI is InChI=1S/C15H19F3N6/c1-3-24-10-22-23-13(24)9-21-14(19-2)20-8-11-4-6-12(7-5-11)15(16,17)18/h4-7,10H,3,8-9H2,1-2H3,(H2,19,20,21). The minimum absolute atomic E-state index is 0.359. The van der Waals surface area contributed by atoms with Crippen molar-refractivity contribution in [2.24, 2.45) is 4.99 Å². The number of rotatable bonds is 5. The minimum atomic E-state index is -4.32. The third-order valence-electron chi connectivity index (χ3n) is 3.42. The fourth-order valence-electron chi connectivity index (χ4n) is 2.06. The molecule has 0 amide bonds. The number of nitrogens with zero attached hydrogens (tertiary/aromatic N) is 4. The first-order valence-corrected chi connectivity index (χ1v) is 7.41. The van der Waals surface area contributed by atoms with Gasteiger partial charge in [-0.2, -0.15) is 13.2 Å². The molecule has 0 aliphatic carbocycles. The van der Waals surface area contributed by atoms with Crippen molar-refractivity contribution >= 4 is 5.96 Å². The lowest BCUT2D eigenvalue weighted by atomic mass is 10.1. The smallest absolute Gasteiger partial charge is 0.352 e. The Balaban J connectivity index is 1.87. The number of hydrogen-bond donors (Lipinski definition) is 2. The van der Waals surface area contributed by atoms with E-state index in [4.69, 9.17) is 0 Å². The van der Waals surface area contributed by atoms with Gasteiger partial charge in [0, 0.05) is 20.1 Å². The molecule has 1 aromatic carbocycles. The topological polar surface area (TPSA) is 67.1 Å². The summed E-state index contributed by atoms with van der Waals surface area (Å²) in [6.07, 6.45) is -2.67. The van der Waals surface area contributed by atoms with Crippen LogP contribution >= 0.6 is 0 Å². The molecule has 0 bridgehead atoms. The maximum Gasteiger partial charge on any atom is 0.416 e. The van der Waals surface area contributed by atoms with Crippen molar-refractivity contribution in [1.29, 1.82) is 0 Å². The number of aryl methyl sites for hydroxylation is 1. The largest absolute Gasteiger partial charge is 0.416 e. The zero-order chi connectivity index (χ0) is 17.6. The average molecular weight is 340 g/mol. The normalized spacial score (nSPS) is 12.3. The molecule has 0 atom stereocenters. The molecule has 130 valence electrons. The molecule has 0 fully saturated rings. The quantitative estimate of drug-likeness (QED) is 0.647. The number of nitrogens with one attached hydrogen (secondary N) is 2. The highest BCUT2D eigenvalue weighted by atomic mass is 19.4. The molecule has 0 spiro atoms. The predicted molar refractivity (Wildman–Crippen MR) is 84.2 cm³/mol. The number of hydrogen-bond acceptors (Lipinski definition) is 3. The summed E-state index contributed by atoms with van der Waals surface area (Å²) in [6.45, 7) is 3.56. The van der Waals surface area contributed by atoms with Crippen molar-refractivity contribution in [2.75, 3.05) is 7.05 Å². The van der Waals surface area contributed by atoms with Crippen LogP contribution in [0.4, 0.5) is 13.2 Å². The third-order valence-corrected chi connectivity index (χ3v) is 3.42. The Morgan fingerprint density at radius 3 is 2.42 bits per heavy atom. The van der Waals surface area contributed by atoms with Gasteiger partial charge in [-0.1, -0.05) is 12.1 Å². The second-order valence-electron chi connectivity index (χ2n) is 5.01. The first-order valence-electron chi connectivity index (χ1n) is 7.41. The highest BCUT2D eigenvalue weighted by Crippen LogP contribution is 2.28. The number of halogens is 3. The van der Waals surface area contributed by atoms with Gasteiger partial charge in [-0.05, 0) is 24.6 Å². The second-order valence-corrected chi connectivity index (χ2v) is 5.01. The van der Waals surface area contributed by atoms with Crippen molar-refractivity contribution in [3.63, 3.8) is 0 Å². The Hall–Kier alpha value is -2.58. The van der Waals surface area contributed by atoms with Gasteiger partial charge in [0.05, 0.1) is 12.1 Å². The van der Waals surface area contributed by atoms with Crippen molar-refractivity contribution in [1.82, 2.24) is 25.4 Å². The summed E-state index contributed by atoms with van der Waals surface area (Å²) >= 11 is 0. The van der Waals surface area contributed by atoms with Gasteiger partial charge in [0.2, 0.25) is 0 Å². The van der Waals surface area contributed by atoms with Gasteiger partial charge < -0.3 is 15.2 Å². The van der Waals surface area contributed by atoms with Crippen LogP contribution in [-0.4, -0.2) is 27.8 Å². The van der Waals surface area contributed by atoms with E-state index in [0.29, 0.717) is 19.0 Å². The van der Waals surface area contributed by atoms with Crippen molar-refractivity contribution in [3.8, 4) is 0 Å². The SMILES string of the molecule is CCn1cnnc1CNC(=NC)NCc1ccc(C(F)(F)F)cc1. The van der Waals surface area contributed by atoms with Crippen molar-refractivity contribution < 1.29 is 13.2 Å². The molecule has 9 heteroatoms. The first kappa shape index (κ1) is 17.8. The molecule has 0 radical (unpaired) electrons. The summed E-state index contributed by atoms with van der Waals surface area (Å²) in [5, 5.41) is 14.0. The van der Waals surface area contributed by atoms with Crippen LogP contribution in [0.1, 0.15) is 23.9 Å². The van der Waals surface area contributed by atoms with E-state index in [1.165, 1.54) is 12.1 Å². The number of aromatic nitrogens is 3. The van der Waals surface area contributed by atoms with Gasteiger partial charge in [0.15, 0.2) is 11.8 Å². The Morgan fingerprint density at radius 2 is 1.83 bits per heavy atom. The molecule has 2 N–H and O–H groups in total. The summed E-state index contributed by atoms with van der Waals surface area (Å²) < 4.78 is 39.5. The first-order chi connectivity index (χ1) is 11.4. The van der Waals surface area contributed by atoms with Gasteiger partial charge in [0.25, 0.3) is 0 Å². The zero-order valence-electron chi connectivity index (χ0n) is 13.4. The number of aliphatic imine (C=N–C) groups is 1. The van der Waals surface area contributed by atoms with Crippen LogP contribution < -0.4 is 10.6 Å². The molecular formula is C15H19F3N6. The fraction of sp³-hybridized carbons (Fsp3) is 0.400. The summed E-state index contributed by atoms with van der Waals surface area (Å²) in [5.41, 5.74) is 0.0651. The van der Waals surface area contributed by atoms with Gasteiger partial charge in [0.1, 0.15) is 6.33 Å². The van der Waals surface area contributed by atoms with Crippen molar-refractivity contribution in [3.05, 3.63) is 47.5 Å². The average Bonchev–Trinajstić information content (AvgIpc) is 3.02. The van der Waals surface area contributed by atoms with Crippen LogP contribution in [0.3, 0.4) is 0 Å². The van der Waals surface area contributed by atoms with E-state index in [1.807, 2.05) is 11.5 Å². The van der Waals surface area contributed by atoms with Crippen LogP contribution in [0.2, 0.25) is 0 Å². The lowest BCUT2D eigenvalue weighted by molar-refractivity contribution is -0.137. The molecule has 0 saturated heterocycles. The van der Waals surface area contributed by atoms with Gasteiger partial charge >= 0.3 is 6.18 Å². The number of alkyl halides is 3. The van der Waals surface area contributed by atoms with E-state index in [2.05, 4.69) is 25.8 Å². The molecule has 2 aromatic rings. The molecule has 0 unspecified atom stereocenters. The third kappa shape index (κ3) is 4.71. The maximum atomic E-state index is 12.5. The molecule has 0 aliphatic heterocycles. The molecule has 1 aromatic heterocycles. The summed E-state index contributed by atoms with van der Waals surface area (Å²) in [7, 11) is 1.62. The lowest BCUT2D eigenvalue weighted by Gasteiger charge is -2.12. The van der Waals surface area contributed by atoms with E-state index in [-0.39, 0.29) is 0 Å². The van der Waals surface area contributed by atoms with E-state index < -0.39 is 11.7 Å². The van der Waals surface area contributed by atoms with Gasteiger partial charge in [-0.3, -0.25) is 4.99 Å². The molecule has 0 saturated carbocycles. The molecule has 6 nitrogen and oxygen atoms in total. The van der Waals surface area contributed by atoms with Crippen LogP contribution in [0.25, 0.3) is 0 Å². The van der Waals surface area contributed by atoms with Gasteiger partial charge in [-0.25, -0.2) is 0 Å². The molecule has 1 heterocycles. The van der Waals surface area contributed by atoms with Crippen LogP contribution in [0.15, 0.2) is 35.6 Å². The van der Waals surface area contributed by atoms with E-state index in [0.717, 1.165) is 30.1 Å². The van der Waals surface area contributed by atoms with E-state index in [1.54, 1.807) is 13.4 Å². The summed E-state index contributed by atoms with van der Waals surface area (Å²) in [6, 6.07) is 5.02. The highest BCUT2D eigenvalue weighted by molar-refractivity contribution is 5.79. The number of benzene rings is 1. The van der Waals surface area contributed by atoms with Crippen LogP contribution in [0.5, 0.6) is 0 Å². The second kappa shape index (κ2) is 7.80. The molecule has 24 heavy (non-hydrogen) atoms. The Kier molecular flexibility index (Phi) is 5.78. The van der Waals surface area contributed by atoms with E-state index >= 15 is 0 Å². The monoisotopic (exact) mass is 340 g/mol. The molecular weight excluding hydrogens is 321 g/mol. The van der Waals surface area contributed by atoms with Crippen LogP contribution in [0, 0.1) is 0 Å². The highest BCUT2D eigenvalue weighted by Gasteiger charge is 2.29. The summed E-state index contributed by atoms with van der Waals surface area (Å²) in [4.78, 5) is 4.07. The minimum Gasteiger partial charge on any atom is -0.352 e. The summed E-state index contributed by atoms with van der Waals surface area (Å²) in [5.74, 6) is 1.30. The maximum absolute atomic E-state index is 12.5. The lowest BCUT2D eigenvalue weighted by Crippen LogP contribution is -2.37. The van der Waals surface area contributed by atoms with Gasteiger partial charge in [-0.15, -0.1) is 10.2 Å². The van der Waals surface area contributed by atoms with Crippen LogP contribution in [-0.2, 0) is 25.8 Å². The number of guanidine groups is 1. The van der Waals surface area contributed by atoms with Crippen molar-refractivity contribution in [2.45, 2.75) is 32.7 Å². The Labute approximate surface area is 137 Å². The van der Waals surface area contributed by atoms with E-state index in [9.17, 15) is 13.2 Å². The molecule has 0 aliphatic rings. The Bertz CT molecular complexity index is 675. The Morgan fingerprint density at radius 1 is 1.17 bits per heavy atom. The zero-order valence-corrected chi connectivity index (χ0v) is 13.4. The predicted octanol–water partition coefficient (Wildman–Crippen LogP) is 2.18. The molecule has 2 rings (SSSR count). The fourth-order valence-corrected chi connectivity index (χ4v) is 2.06.